The summed E-state index contributed by atoms with van der Waals surface area (Å²) in [5.41, 5.74) is 2.06. The fourth-order valence-corrected chi connectivity index (χ4v) is 6.49. The fourth-order valence-electron chi connectivity index (χ4n) is 6.49. The van der Waals surface area contributed by atoms with Gasteiger partial charge < -0.3 is 0 Å². The van der Waals surface area contributed by atoms with E-state index in [2.05, 4.69) is 27.7 Å². The zero-order valence-electron chi connectivity index (χ0n) is 10.9. The standard InChI is InChI=1S/C15H26/c1-11-6-7-12-13(2,3)10-14(4)8-5-9-15(11,12)14/h11-12H,5-10H2,1-4H3. The molecule has 3 saturated carbocycles. The molecule has 0 saturated heterocycles. The lowest BCUT2D eigenvalue weighted by Gasteiger charge is -2.42. The molecule has 0 aromatic rings. The molecule has 4 unspecified atom stereocenters. The SMILES string of the molecule is CC1CCC2C(C)(C)CC3(C)CCCC123. The van der Waals surface area contributed by atoms with Crippen molar-refractivity contribution in [3.05, 3.63) is 0 Å². The summed E-state index contributed by atoms with van der Waals surface area (Å²) in [5, 5.41) is 0. The second-order valence-electron chi connectivity index (χ2n) is 7.65. The predicted molar refractivity (Wildman–Crippen MR) is 64.7 cm³/mol. The van der Waals surface area contributed by atoms with E-state index >= 15 is 0 Å². The summed E-state index contributed by atoms with van der Waals surface area (Å²) in [6.07, 6.45) is 9.08. The molecule has 0 aromatic heterocycles. The zero-order chi connectivity index (χ0) is 10.9. The highest BCUT2D eigenvalue weighted by atomic mass is 14.7. The lowest BCUT2D eigenvalue weighted by atomic mass is 9.62. The van der Waals surface area contributed by atoms with Crippen LogP contribution in [0.25, 0.3) is 0 Å². The van der Waals surface area contributed by atoms with E-state index in [1.807, 2.05) is 0 Å². The van der Waals surface area contributed by atoms with Gasteiger partial charge in [0.25, 0.3) is 0 Å². The molecule has 0 heteroatoms. The van der Waals surface area contributed by atoms with E-state index in [9.17, 15) is 0 Å². The number of hydrogen-bond donors (Lipinski definition) is 0. The van der Waals surface area contributed by atoms with Crippen LogP contribution in [0.2, 0.25) is 0 Å². The van der Waals surface area contributed by atoms with E-state index in [4.69, 9.17) is 0 Å². The minimum atomic E-state index is 0.625. The first-order valence-corrected chi connectivity index (χ1v) is 6.92. The molecule has 0 amide bonds. The van der Waals surface area contributed by atoms with Crippen LogP contribution in [0.5, 0.6) is 0 Å². The summed E-state index contributed by atoms with van der Waals surface area (Å²) in [6.45, 7) is 10.2. The van der Waals surface area contributed by atoms with E-state index in [0.717, 1.165) is 17.3 Å². The Kier molecular flexibility index (Phi) is 1.78. The van der Waals surface area contributed by atoms with E-state index in [0.29, 0.717) is 10.8 Å². The van der Waals surface area contributed by atoms with Crippen LogP contribution in [0, 0.1) is 28.1 Å². The molecule has 3 aliphatic carbocycles. The summed E-state index contributed by atoms with van der Waals surface area (Å²) in [4.78, 5) is 0. The lowest BCUT2D eigenvalue weighted by molar-refractivity contribution is 0.0539. The second-order valence-corrected chi connectivity index (χ2v) is 7.65. The third kappa shape index (κ3) is 0.953. The van der Waals surface area contributed by atoms with E-state index in [-0.39, 0.29) is 0 Å². The molecular formula is C15H26. The van der Waals surface area contributed by atoms with Crippen molar-refractivity contribution in [2.45, 2.75) is 66.2 Å². The fraction of sp³-hybridized carbons (Fsp3) is 1.00. The highest BCUT2D eigenvalue weighted by Crippen LogP contribution is 2.77. The largest absolute Gasteiger partial charge is 0.0619 e. The first kappa shape index (κ1) is 10.2. The molecule has 3 aliphatic rings. The third-order valence-corrected chi connectivity index (χ3v) is 6.62. The van der Waals surface area contributed by atoms with Gasteiger partial charge >= 0.3 is 0 Å². The van der Waals surface area contributed by atoms with Crippen LogP contribution in [0.4, 0.5) is 0 Å². The molecule has 3 fully saturated rings. The zero-order valence-corrected chi connectivity index (χ0v) is 10.9. The highest BCUT2D eigenvalue weighted by Gasteiger charge is 2.69. The molecule has 0 nitrogen and oxygen atoms in total. The topological polar surface area (TPSA) is 0 Å². The highest BCUT2D eigenvalue weighted by molar-refractivity contribution is 5.18. The quantitative estimate of drug-likeness (QED) is 0.541. The molecule has 0 N–H and O–H groups in total. The maximum atomic E-state index is 2.61. The van der Waals surface area contributed by atoms with Gasteiger partial charge in [-0.3, -0.25) is 0 Å². The molecule has 15 heavy (non-hydrogen) atoms. The van der Waals surface area contributed by atoms with E-state index in [1.54, 1.807) is 6.42 Å². The van der Waals surface area contributed by atoms with Crippen molar-refractivity contribution in [1.29, 1.82) is 0 Å². The van der Waals surface area contributed by atoms with Gasteiger partial charge in [0.1, 0.15) is 0 Å². The Morgan fingerprint density at radius 2 is 1.73 bits per heavy atom. The minimum absolute atomic E-state index is 0.625. The monoisotopic (exact) mass is 206 g/mol. The Bertz CT molecular complexity index is 290. The van der Waals surface area contributed by atoms with Crippen molar-refractivity contribution in [2.24, 2.45) is 28.1 Å². The predicted octanol–water partition coefficient (Wildman–Crippen LogP) is 4.64. The van der Waals surface area contributed by atoms with Gasteiger partial charge in [-0.2, -0.15) is 0 Å². The Hall–Kier alpha value is 0. The second kappa shape index (κ2) is 2.63. The van der Waals surface area contributed by atoms with Gasteiger partial charge in [-0.15, -0.1) is 0 Å². The summed E-state index contributed by atoms with van der Waals surface area (Å²) >= 11 is 0. The van der Waals surface area contributed by atoms with Crippen LogP contribution in [0.1, 0.15) is 66.2 Å². The smallest absolute Gasteiger partial charge is 0.0184 e. The van der Waals surface area contributed by atoms with Crippen molar-refractivity contribution >= 4 is 0 Å². The molecule has 86 valence electrons. The Labute approximate surface area is 94.8 Å². The van der Waals surface area contributed by atoms with Gasteiger partial charge in [0.15, 0.2) is 0 Å². The van der Waals surface area contributed by atoms with E-state index < -0.39 is 0 Å². The van der Waals surface area contributed by atoms with Crippen LogP contribution < -0.4 is 0 Å². The van der Waals surface area contributed by atoms with Crippen molar-refractivity contribution < 1.29 is 0 Å². The van der Waals surface area contributed by atoms with Crippen LogP contribution in [-0.4, -0.2) is 0 Å². The first-order valence-electron chi connectivity index (χ1n) is 6.92. The maximum absolute atomic E-state index is 2.61. The molecular weight excluding hydrogens is 180 g/mol. The number of hydrogen-bond acceptors (Lipinski definition) is 0. The molecule has 3 rings (SSSR count). The van der Waals surface area contributed by atoms with Crippen molar-refractivity contribution in [3.8, 4) is 0 Å². The first-order chi connectivity index (χ1) is 6.92. The Balaban J connectivity index is 2.12. The van der Waals surface area contributed by atoms with Crippen LogP contribution in [0.3, 0.4) is 0 Å². The van der Waals surface area contributed by atoms with Crippen molar-refractivity contribution in [2.75, 3.05) is 0 Å². The van der Waals surface area contributed by atoms with Crippen LogP contribution >= 0.6 is 0 Å². The third-order valence-electron chi connectivity index (χ3n) is 6.62. The summed E-state index contributed by atoms with van der Waals surface area (Å²) < 4.78 is 0. The van der Waals surface area contributed by atoms with Crippen molar-refractivity contribution in [1.82, 2.24) is 0 Å². The van der Waals surface area contributed by atoms with Crippen LogP contribution in [-0.2, 0) is 0 Å². The Morgan fingerprint density at radius 1 is 1.00 bits per heavy atom. The van der Waals surface area contributed by atoms with Crippen LogP contribution in [0.15, 0.2) is 0 Å². The van der Waals surface area contributed by atoms with Gasteiger partial charge in [-0.25, -0.2) is 0 Å². The molecule has 0 aliphatic heterocycles. The molecule has 0 heterocycles. The Morgan fingerprint density at radius 3 is 2.47 bits per heavy atom. The van der Waals surface area contributed by atoms with Gasteiger partial charge in [0.2, 0.25) is 0 Å². The van der Waals surface area contributed by atoms with Gasteiger partial charge in [-0.1, -0.05) is 34.1 Å². The maximum Gasteiger partial charge on any atom is -0.0184 e. The van der Waals surface area contributed by atoms with Gasteiger partial charge in [0.05, 0.1) is 0 Å². The number of rotatable bonds is 0. The average molecular weight is 206 g/mol. The van der Waals surface area contributed by atoms with Crippen molar-refractivity contribution in [3.63, 3.8) is 0 Å². The average Bonchev–Trinajstić information content (AvgIpc) is 2.62. The molecule has 4 atom stereocenters. The van der Waals surface area contributed by atoms with E-state index in [1.165, 1.54) is 32.1 Å². The summed E-state index contributed by atoms with van der Waals surface area (Å²) in [6, 6.07) is 0. The van der Waals surface area contributed by atoms with Gasteiger partial charge in [0, 0.05) is 0 Å². The molecule has 0 bridgehead atoms. The summed E-state index contributed by atoms with van der Waals surface area (Å²) in [5.74, 6) is 2.03. The minimum Gasteiger partial charge on any atom is -0.0619 e. The molecule has 1 spiro atoms. The lowest BCUT2D eigenvalue weighted by Crippen LogP contribution is -2.37. The van der Waals surface area contributed by atoms with Gasteiger partial charge in [-0.05, 0) is 60.2 Å². The molecule has 0 radical (unpaired) electrons. The summed E-state index contributed by atoms with van der Waals surface area (Å²) in [7, 11) is 0. The normalized spacial score (nSPS) is 56.8. The molecule has 0 aromatic carbocycles.